The molecule has 1 aromatic carbocycles. The Morgan fingerprint density at radius 2 is 1.83 bits per heavy atom. The number of nitrogens with zero attached hydrogens (tertiary/aromatic N) is 1. The van der Waals surface area contributed by atoms with E-state index in [2.05, 4.69) is 0 Å². The summed E-state index contributed by atoms with van der Waals surface area (Å²) in [4.78, 5) is 14.1. The molecule has 1 aliphatic rings. The minimum Gasteiger partial charge on any atom is -0.444 e. The molecule has 2 unspecified atom stereocenters. The number of halogens is 1. The number of amides is 1. The average molecular weight is 358 g/mol. The molecule has 1 fully saturated rings. The highest BCUT2D eigenvalue weighted by atomic mass is 35.5. The molecule has 1 heterocycles. The molecule has 1 saturated heterocycles. The molecule has 1 N–H and O–H groups in total. The zero-order valence-corrected chi connectivity index (χ0v) is 15.4. The van der Waals surface area contributed by atoms with Gasteiger partial charge >= 0.3 is 6.09 Å². The number of carbonyl (C=O) groups excluding carboxylic acids is 1. The molecule has 0 aromatic heterocycles. The van der Waals surface area contributed by atoms with Gasteiger partial charge in [0, 0.05) is 0 Å². The van der Waals surface area contributed by atoms with Crippen molar-refractivity contribution in [1.29, 1.82) is 0 Å². The molecule has 1 amide bonds. The van der Waals surface area contributed by atoms with E-state index in [0.717, 1.165) is 18.4 Å². The van der Waals surface area contributed by atoms with Gasteiger partial charge in [0.05, 0.1) is 31.9 Å². The van der Waals surface area contributed by atoms with Crippen molar-refractivity contribution in [2.75, 3.05) is 13.2 Å². The van der Waals surface area contributed by atoms with Crippen LogP contribution in [0.1, 0.15) is 39.2 Å². The SMILES string of the molecule is CC(C)(C)OC(=O)N1C(CO)CCC1COCc1ccccc1.Cl. The van der Waals surface area contributed by atoms with Gasteiger partial charge in [-0.3, -0.25) is 4.90 Å². The van der Waals surface area contributed by atoms with Crippen molar-refractivity contribution in [3.63, 3.8) is 0 Å². The van der Waals surface area contributed by atoms with Crippen LogP contribution in [0.2, 0.25) is 0 Å². The molecule has 0 radical (unpaired) electrons. The van der Waals surface area contributed by atoms with E-state index < -0.39 is 5.60 Å². The van der Waals surface area contributed by atoms with Gasteiger partial charge in [-0.25, -0.2) is 4.79 Å². The van der Waals surface area contributed by atoms with Gasteiger partial charge in [0.15, 0.2) is 0 Å². The van der Waals surface area contributed by atoms with Crippen LogP contribution in [0.15, 0.2) is 30.3 Å². The molecule has 0 saturated carbocycles. The molecule has 1 aromatic rings. The number of hydrogen-bond donors (Lipinski definition) is 1. The number of carbonyl (C=O) groups is 1. The van der Waals surface area contributed by atoms with Gasteiger partial charge in [-0.2, -0.15) is 0 Å². The summed E-state index contributed by atoms with van der Waals surface area (Å²) in [5.74, 6) is 0. The number of benzene rings is 1. The lowest BCUT2D eigenvalue weighted by molar-refractivity contribution is -0.00545. The van der Waals surface area contributed by atoms with Crippen LogP contribution in [0.4, 0.5) is 4.79 Å². The van der Waals surface area contributed by atoms with Gasteiger partial charge in [0.1, 0.15) is 5.60 Å². The smallest absolute Gasteiger partial charge is 0.410 e. The van der Waals surface area contributed by atoms with Crippen LogP contribution in [0.25, 0.3) is 0 Å². The number of rotatable bonds is 5. The third-order valence-electron chi connectivity index (χ3n) is 3.86. The quantitative estimate of drug-likeness (QED) is 0.877. The zero-order valence-electron chi connectivity index (χ0n) is 14.6. The third-order valence-corrected chi connectivity index (χ3v) is 3.86. The predicted molar refractivity (Wildman–Crippen MR) is 95.3 cm³/mol. The van der Waals surface area contributed by atoms with Crippen LogP contribution >= 0.6 is 12.4 Å². The Morgan fingerprint density at radius 1 is 1.21 bits per heavy atom. The molecule has 0 aliphatic carbocycles. The van der Waals surface area contributed by atoms with E-state index in [4.69, 9.17) is 9.47 Å². The Labute approximate surface area is 150 Å². The monoisotopic (exact) mass is 357 g/mol. The Kier molecular flexibility index (Phi) is 8.00. The first-order valence-corrected chi connectivity index (χ1v) is 8.14. The molecule has 5 nitrogen and oxygen atoms in total. The minimum atomic E-state index is -0.547. The van der Waals surface area contributed by atoms with Crippen LogP contribution in [0.3, 0.4) is 0 Å². The van der Waals surface area contributed by atoms with Crippen LogP contribution in [0, 0.1) is 0 Å². The first-order valence-electron chi connectivity index (χ1n) is 8.14. The van der Waals surface area contributed by atoms with Crippen molar-refractivity contribution < 1.29 is 19.4 Å². The van der Waals surface area contributed by atoms with Gasteiger partial charge in [-0.15, -0.1) is 12.4 Å². The van der Waals surface area contributed by atoms with Crippen molar-refractivity contribution in [3.8, 4) is 0 Å². The van der Waals surface area contributed by atoms with Crippen molar-refractivity contribution in [3.05, 3.63) is 35.9 Å². The van der Waals surface area contributed by atoms with Crippen LogP contribution in [-0.4, -0.2) is 47.0 Å². The largest absolute Gasteiger partial charge is 0.444 e. The summed E-state index contributed by atoms with van der Waals surface area (Å²) in [6, 6.07) is 9.71. The lowest BCUT2D eigenvalue weighted by atomic mass is 10.2. The molecule has 0 bridgehead atoms. The lowest BCUT2D eigenvalue weighted by Crippen LogP contribution is -2.47. The van der Waals surface area contributed by atoms with Crippen molar-refractivity contribution in [1.82, 2.24) is 4.90 Å². The molecule has 136 valence electrons. The van der Waals surface area contributed by atoms with E-state index in [-0.39, 0.29) is 37.2 Å². The molecule has 0 spiro atoms. The Morgan fingerprint density at radius 3 is 2.42 bits per heavy atom. The molecule has 1 aliphatic heterocycles. The highest BCUT2D eigenvalue weighted by molar-refractivity contribution is 5.85. The molecular formula is C18H28ClNO4. The minimum absolute atomic E-state index is 0. The summed E-state index contributed by atoms with van der Waals surface area (Å²) < 4.78 is 11.2. The second-order valence-corrected chi connectivity index (χ2v) is 6.96. The van der Waals surface area contributed by atoms with E-state index in [0.29, 0.717) is 13.2 Å². The van der Waals surface area contributed by atoms with Gasteiger partial charge in [0.25, 0.3) is 0 Å². The molecule has 2 rings (SSSR count). The maximum Gasteiger partial charge on any atom is 0.410 e. The summed E-state index contributed by atoms with van der Waals surface area (Å²) in [7, 11) is 0. The maximum absolute atomic E-state index is 12.4. The lowest BCUT2D eigenvalue weighted by Gasteiger charge is -2.31. The fourth-order valence-corrected chi connectivity index (χ4v) is 2.80. The normalized spacial score (nSPS) is 20.6. The van der Waals surface area contributed by atoms with Crippen molar-refractivity contribution >= 4 is 18.5 Å². The predicted octanol–water partition coefficient (Wildman–Crippen LogP) is 3.39. The number of likely N-dealkylation sites (tertiary alicyclic amines) is 1. The maximum atomic E-state index is 12.4. The highest BCUT2D eigenvalue weighted by Crippen LogP contribution is 2.26. The standard InChI is InChI=1S/C18H27NO4.ClH/c1-18(2,3)23-17(21)19-15(11-20)9-10-16(19)13-22-12-14-7-5-4-6-8-14;/h4-8,15-16,20H,9-13H2,1-3H3;1H. The summed E-state index contributed by atoms with van der Waals surface area (Å²) in [6.45, 7) is 6.45. The van der Waals surface area contributed by atoms with Crippen LogP contribution < -0.4 is 0 Å². The second kappa shape index (κ2) is 9.25. The van der Waals surface area contributed by atoms with Crippen molar-refractivity contribution in [2.24, 2.45) is 0 Å². The number of aliphatic hydroxyl groups excluding tert-OH is 1. The van der Waals surface area contributed by atoms with Gasteiger partial charge in [-0.1, -0.05) is 30.3 Å². The highest BCUT2D eigenvalue weighted by Gasteiger charge is 2.38. The topological polar surface area (TPSA) is 59.0 Å². The molecule has 2 atom stereocenters. The Balaban J connectivity index is 0.00000288. The number of aliphatic hydroxyl groups is 1. The molecular weight excluding hydrogens is 330 g/mol. The first kappa shape index (κ1) is 20.7. The fraction of sp³-hybridized carbons (Fsp3) is 0.611. The second-order valence-electron chi connectivity index (χ2n) is 6.96. The number of hydrogen-bond acceptors (Lipinski definition) is 4. The average Bonchev–Trinajstić information content (AvgIpc) is 2.90. The van der Waals surface area contributed by atoms with E-state index >= 15 is 0 Å². The Hall–Kier alpha value is -1.30. The summed E-state index contributed by atoms with van der Waals surface area (Å²) in [5.41, 5.74) is 0.558. The van der Waals surface area contributed by atoms with Crippen molar-refractivity contribution in [2.45, 2.75) is 57.9 Å². The van der Waals surface area contributed by atoms with Gasteiger partial charge in [0.2, 0.25) is 0 Å². The third kappa shape index (κ3) is 5.96. The van der Waals surface area contributed by atoms with E-state index in [1.807, 2.05) is 51.1 Å². The van der Waals surface area contributed by atoms with Gasteiger partial charge in [-0.05, 0) is 39.2 Å². The van der Waals surface area contributed by atoms with E-state index in [1.54, 1.807) is 4.90 Å². The fourth-order valence-electron chi connectivity index (χ4n) is 2.80. The first-order chi connectivity index (χ1) is 10.9. The summed E-state index contributed by atoms with van der Waals surface area (Å²) in [5, 5.41) is 9.51. The summed E-state index contributed by atoms with van der Waals surface area (Å²) in [6.07, 6.45) is 1.22. The van der Waals surface area contributed by atoms with Crippen LogP contribution in [0.5, 0.6) is 0 Å². The van der Waals surface area contributed by atoms with Gasteiger partial charge < -0.3 is 14.6 Å². The Bertz CT molecular complexity index is 503. The van der Waals surface area contributed by atoms with Crippen LogP contribution in [-0.2, 0) is 16.1 Å². The zero-order chi connectivity index (χ0) is 16.9. The summed E-state index contributed by atoms with van der Waals surface area (Å²) >= 11 is 0. The molecule has 6 heteroatoms. The van der Waals surface area contributed by atoms with E-state index in [1.165, 1.54) is 0 Å². The molecule has 24 heavy (non-hydrogen) atoms. The number of ether oxygens (including phenoxy) is 2. The van der Waals surface area contributed by atoms with E-state index in [9.17, 15) is 9.90 Å².